The first kappa shape index (κ1) is 14.2. The lowest BCUT2D eigenvalue weighted by Crippen LogP contribution is -2.32. The summed E-state index contributed by atoms with van der Waals surface area (Å²) in [5, 5.41) is 9.03. The van der Waals surface area contributed by atoms with E-state index in [1.807, 2.05) is 0 Å². The largest absolute Gasteiger partial charge is 0.481 e. The Kier molecular flexibility index (Phi) is 4.17. The first-order valence-electron chi connectivity index (χ1n) is 6.41. The summed E-state index contributed by atoms with van der Waals surface area (Å²) in [6, 6.07) is 5.20. The molecular weight excluding hydrogens is 261 g/mol. The number of rotatable bonds is 5. The van der Waals surface area contributed by atoms with Crippen LogP contribution in [0.1, 0.15) is 24.4 Å². The van der Waals surface area contributed by atoms with Gasteiger partial charge in [-0.1, -0.05) is 24.3 Å². The number of carbonyl (C=O) groups excluding carboxylic acids is 1. The second kappa shape index (κ2) is 5.86. The van der Waals surface area contributed by atoms with Crippen molar-refractivity contribution < 1.29 is 19.1 Å². The molecule has 2 rings (SSSR count). The number of amides is 1. The van der Waals surface area contributed by atoms with Gasteiger partial charge in [-0.15, -0.1) is 6.58 Å². The van der Waals surface area contributed by atoms with Crippen LogP contribution in [0, 0.1) is 11.7 Å². The number of likely N-dealkylation sites (tertiary alicyclic amines) is 1. The molecule has 0 aliphatic carbocycles. The van der Waals surface area contributed by atoms with Gasteiger partial charge in [-0.25, -0.2) is 4.39 Å². The Bertz CT molecular complexity index is 544. The first-order valence-corrected chi connectivity index (χ1v) is 6.41. The van der Waals surface area contributed by atoms with E-state index in [0.29, 0.717) is 13.0 Å². The average Bonchev–Trinajstić information content (AvgIpc) is 2.78. The minimum absolute atomic E-state index is 0.00873. The summed E-state index contributed by atoms with van der Waals surface area (Å²) in [6.45, 7) is 4.04. The maximum Gasteiger partial charge on any atom is 0.305 e. The Morgan fingerprint density at radius 1 is 1.55 bits per heavy atom. The van der Waals surface area contributed by atoms with Gasteiger partial charge in [0.1, 0.15) is 5.82 Å². The molecule has 0 spiro atoms. The highest BCUT2D eigenvalue weighted by Gasteiger charge is 2.35. The van der Waals surface area contributed by atoms with Gasteiger partial charge in [-0.05, 0) is 6.07 Å². The van der Waals surface area contributed by atoms with Crippen molar-refractivity contribution in [3.63, 3.8) is 0 Å². The molecule has 2 unspecified atom stereocenters. The predicted molar refractivity (Wildman–Crippen MR) is 71.4 cm³/mol. The molecule has 1 saturated heterocycles. The molecule has 1 heterocycles. The lowest BCUT2D eigenvalue weighted by molar-refractivity contribution is -0.139. The van der Waals surface area contributed by atoms with E-state index < -0.39 is 17.8 Å². The van der Waals surface area contributed by atoms with Crippen molar-refractivity contribution in [2.75, 3.05) is 6.54 Å². The van der Waals surface area contributed by atoms with Crippen LogP contribution >= 0.6 is 0 Å². The zero-order valence-electron chi connectivity index (χ0n) is 11.0. The molecule has 1 amide bonds. The smallest absolute Gasteiger partial charge is 0.305 e. The van der Waals surface area contributed by atoms with E-state index in [1.165, 1.54) is 23.1 Å². The zero-order chi connectivity index (χ0) is 14.7. The minimum Gasteiger partial charge on any atom is -0.481 e. The number of aliphatic carboxylic acids is 1. The minimum atomic E-state index is -1.06. The predicted octanol–water partition coefficient (Wildman–Crippen LogP) is 2.38. The normalized spacial score (nSPS) is 19.9. The summed E-state index contributed by atoms with van der Waals surface area (Å²) in [4.78, 5) is 24.5. The van der Waals surface area contributed by atoms with E-state index in [1.54, 1.807) is 12.1 Å². The van der Waals surface area contributed by atoms with Crippen LogP contribution in [-0.4, -0.2) is 28.4 Å². The topological polar surface area (TPSA) is 57.6 Å². The van der Waals surface area contributed by atoms with Crippen molar-refractivity contribution in [1.82, 2.24) is 4.90 Å². The number of carbonyl (C=O) groups is 2. The van der Waals surface area contributed by atoms with Crippen molar-refractivity contribution in [3.05, 3.63) is 48.3 Å². The molecule has 0 bridgehead atoms. The lowest BCUT2D eigenvalue weighted by Gasteiger charge is -2.27. The molecule has 4 nitrogen and oxygen atoms in total. The monoisotopic (exact) mass is 277 g/mol. The molecule has 5 heteroatoms. The molecule has 1 aliphatic heterocycles. The quantitative estimate of drug-likeness (QED) is 0.841. The second-order valence-corrected chi connectivity index (χ2v) is 4.88. The van der Waals surface area contributed by atoms with Crippen LogP contribution < -0.4 is 0 Å². The molecule has 0 aromatic heterocycles. The number of hydrogen-bond acceptors (Lipinski definition) is 2. The number of carboxylic acid groups (broad SMARTS) is 1. The van der Waals surface area contributed by atoms with Crippen LogP contribution in [0.2, 0.25) is 0 Å². The molecule has 1 aromatic rings. The lowest BCUT2D eigenvalue weighted by atomic mass is 10.0. The van der Waals surface area contributed by atoms with Gasteiger partial charge < -0.3 is 10.0 Å². The van der Waals surface area contributed by atoms with Crippen LogP contribution in [0.15, 0.2) is 36.9 Å². The first-order chi connectivity index (χ1) is 9.52. The van der Waals surface area contributed by atoms with Gasteiger partial charge in [-0.2, -0.15) is 0 Å². The van der Waals surface area contributed by atoms with Crippen LogP contribution in [-0.2, 0) is 9.59 Å². The SMILES string of the molecule is C=CC1CC(=O)N(C(CC(=O)O)c2ccccc2F)C1. The van der Waals surface area contributed by atoms with E-state index in [-0.39, 0.29) is 23.8 Å². The summed E-state index contributed by atoms with van der Waals surface area (Å²) < 4.78 is 13.9. The van der Waals surface area contributed by atoms with E-state index in [4.69, 9.17) is 5.11 Å². The molecule has 0 saturated carbocycles. The third-order valence-electron chi connectivity index (χ3n) is 3.53. The van der Waals surface area contributed by atoms with Gasteiger partial charge in [0.05, 0.1) is 12.5 Å². The van der Waals surface area contributed by atoms with E-state index in [9.17, 15) is 14.0 Å². The summed E-state index contributed by atoms with van der Waals surface area (Å²) in [5.74, 6) is -1.73. The van der Waals surface area contributed by atoms with Gasteiger partial charge in [0.2, 0.25) is 5.91 Å². The molecule has 1 N–H and O–H groups in total. The van der Waals surface area contributed by atoms with Gasteiger partial charge in [0.25, 0.3) is 0 Å². The van der Waals surface area contributed by atoms with Crippen molar-refractivity contribution >= 4 is 11.9 Å². The van der Waals surface area contributed by atoms with E-state index in [0.717, 1.165) is 0 Å². The average molecular weight is 277 g/mol. The van der Waals surface area contributed by atoms with Crippen molar-refractivity contribution in [2.24, 2.45) is 5.92 Å². The maximum absolute atomic E-state index is 13.9. The highest BCUT2D eigenvalue weighted by molar-refractivity contribution is 5.80. The fourth-order valence-corrected chi connectivity index (χ4v) is 2.52. The maximum atomic E-state index is 13.9. The summed E-state index contributed by atoms with van der Waals surface area (Å²) in [6.07, 6.45) is 1.67. The number of benzene rings is 1. The van der Waals surface area contributed by atoms with E-state index >= 15 is 0 Å². The third kappa shape index (κ3) is 2.87. The van der Waals surface area contributed by atoms with Gasteiger partial charge >= 0.3 is 5.97 Å². The van der Waals surface area contributed by atoms with Crippen LogP contribution in [0.5, 0.6) is 0 Å². The number of halogens is 1. The highest BCUT2D eigenvalue weighted by Crippen LogP contribution is 2.32. The van der Waals surface area contributed by atoms with E-state index in [2.05, 4.69) is 6.58 Å². The van der Waals surface area contributed by atoms with Gasteiger partial charge in [0, 0.05) is 24.4 Å². The van der Waals surface area contributed by atoms with Crippen molar-refractivity contribution in [1.29, 1.82) is 0 Å². The Morgan fingerprint density at radius 2 is 2.25 bits per heavy atom. The molecule has 1 aliphatic rings. The number of hydrogen-bond donors (Lipinski definition) is 1. The number of carboxylic acids is 1. The fraction of sp³-hybridized carbons (Fsp3) is 0.333. The zero-order valence-corrected chi connectivity index (χ0v) is 11.0. The molecule has 1 aromatic carbocycles. The standard InChI is InChI=1S/C15H16FNO3/c1-2-10-7-14(18)17(9-10)13(8-15(19)20)11-5-3-4-6-12(11)16/h2-6,10,13H,1,7-9H2,(H,19,20). The summed E-state index contributed by atoms with van der Waals surface area (Å²) in [7, 11) is 0. The van der Waals surface area contributed by atoms with Gasteiger partial charge in [-0.3, -0.25) is 9.59 Å². The second-order valence-electron chi connectivity index (χ2n) is 4.88. The molecule has 20 heavy (non-hydrogen) atoms. The Morgan fingerprint density at radius 3 is 2.80 bits per heavy atom. The van der Waals surface area contributed by atoms with Crippen LogP contribution in [0.3, 0.4) is 0 Å². The number of nitrogens with zero attached hydrogens (tertiary/aromatic N) is 1. The molecule has 1 fully saturated rings. The Hall–Kier alpha value is -2.17. The van der Waals surface area contributed by atoms with Crippen LogP contribution in [0.25, 0.3) is 0 Å². The molecule has 0 radical (unpaired) electrons. The molecular formula is C15H16FNO3. The Balaban J connectivity index is 2.33. The van der Waals surface area contributed by atoms with Crippen molar-refractivity contribution in [3.8, 4) is 0 Å². The Labute approximate surface area is 116 Å². The fourth-order valence-electron chi connectivity index (χ4n) is 2.52. The van der Waals surface area contributed by atoms with Gasteiger partial charge in [0.15, 0.2) is 0 Å². The van der Waals surface area contributed by atoms with Crippen LogP contribution in [0.4, 0.5) is 4.39 Å². The highest BCUT2D eigenvalue weighted by atomic mass is 19.1. The molecule has 106 valence electrons. The summed E-state index contributed by atoms with van der Waals surface area (Å²) >= 11 is 0. The third-order valence-corrected chi connectivity index (χ3v) is 3.53. The molecule has 2 atom stereocenters. The van der Waals surface area contributed by atoms with Crippen molar-refractivity contribution in [2.45, 2.75) is 18.9 Å². The summed E-state index contributed by atoms with van der Waals surface area (Å²) in [5.41, 5.74) is 0.243.